The van der Waals surface area contributed by atoms with Gasteiger partial charge in [-0.25, -0.2) is 9.37 Å². The van der Waals surface area contributed by atoms with E-state index in [1.807, 2.05) is 24.3 Å². The Kier molecular flexibility index (Phi) is 3.71. The first-order valence-electron chi connectivity index (χ1n) is 7.18. The van der Waals surface area contributed by atoms with Crippen molar-refractivity contribution in [2.75, 3.05) is 0 Å². The van der Waals surface area contributed by atoms with Gasteiger partial charge in [-0.15, -0.1) is 0 Å². The molecule has 0 spiro atoms. The van der Waals surface area contributed by atoms with Gasteiger partial charge >= 0.3 is 0 Å². The van der Waals surface area contributed by atoms with E-state index in [-0.39, 0.29) is 5.82 Å². The van der Waals surface area contributed by atoms with E-state index in [0.717, 1.165) is 35.4 Å². The molecule has 0 aliphatic heterocycles. The topological polar surface area (TPSA) is 43.8 Å². The van der Waals surface area contributed by atoms with Crippen molar-refractivity contribution in [1.82, 2.24) is 9.55 Å². The first kappa shape index (κ1) is 13.8. The Labute approximate surface area is 123 Å². The number of fused-ring (bicyclic) bond motifs is 1. The van der Waals surface area contributed by atoms with Gasteiger partial charge in [0.2, 0.25) is 0 Å². The highest BCUT2D eigenvalue weighted by Crippen LogP contribution is 2.26. The first-order chi connectivity index (χ1) is 10.2. The third kappa shape index (κ3) is 2.54. The minimum absolute atomic E-state index is 0.258. The summed E-state index contributed by atoms with van der Waals surface area (Å²) in [6.07, 6.45) is 0.992. The van der Waals surface area contributed by atoms with Crippen LogP contribution >= 0.6 is 0 Å². The molecule has 1 aromatic heterocycles. The van der Waals surface area contributed by atoms with Crippen LogP contribution in [0.2, 0.25) is 0 Å². The lowest BCUT2D eigenvalue weighted by atomic mass is 10.1. The standard InChI is InChI=1S/C17H18FN3/c1-2-8-21-16-7-6-14(18)10-15(16)20-17(21)13-5-3-4-12(9-13)11-19/h3-7,9-10H,2,8,11,19H2,1H3. The highest BCUT2D eigenvalue weighted by Gasteiger charge is 2.12. The molecule has 0 radical (unpaired) electrons. The summed E-state index contributed by atoms with van der Waals surface area (Å²) < 4.78 is 15.6. The molecule has 3 nitrogen and oxygen atoms in total. The molecule has 1 heterocycles. The molecule has 3 aromatic rings. The number of rotatable bonds is 4. The average Bonchev–Trinajstić information content (AvgIpc) is 2.85. The van der Waals surface area contributed by atoms with Crippen LogP contribution in [0.3, 0.4) is 0 Å². The smallest absolute Gasteiger partial charge is 0.141 e. The second-order valence-electron chi connectivity index (χ2n) is 5.12. The largest absolute Gasteiger partial charge is 0.326 e. The summed E-state index contributed by atoms with van der Waals surface area (Å²) in [4.78, 5) is 4.62. The van der Waals surface area contributed by atoms with Gasteiger partial charge in [-0.2, -0.15) is 0 Å². The fraction of sp³-hybridized carbons (Fsp3) is 0.235. The van der Waals surface area contributed by atoms with Gasteiger partial charge < -0.3 is 10.3 Å². The molecule has 0 fully saturated rings. The van der Waals surface area contributed by atoms with Crippen molar-refractivity contribution >= 4 is 11.0 Å². The molecule has 0 amide bonds. The van der Waals surface area contributed by atoms with Gasteiger partial charge in [0.1, 0.15) is 11.6 Å². The van der Waals surface area contributed by atoms with Crippen LogP contribution in [0.4, 0.5) is 4.39 Å². The Hall–Kier alpha value is -2.20. The first-order valence-corrected chi connectivity index (χ1v) is 7.18. The van der Waals surface area contributed by atoms with Crippen molar-refractivity contribution in [3.8, 4) is 11.4 Å². The maximum Gasteiger partial charge on any atom is 0.141 e. The normalized spacial score (nSPS) is 11.2. The minimum Gasteiger partial charge on any atom is -0.326 e. The molecular formula is C17H18FN3. The maximum absolute atomic E-state index is 13.4. The molecule has 4 heteroatoms. The number of hydrogen-bond acceptors (Lipinski definition) is 2. The Balaban J connectivity index is 2.22. The van der Waals surface area contributed by atoms with Gasteiger partial charge in [-0.1, -0.05) is 25.1 Å². The molecule has 0 saturated heterocycles. The fourth-order valence-corrected chi connectivity index (χ4v) is 2.61. The van der Waals surface area contributed by atoms with E-state index in [1.165, 1.54) is 12.1 Å². The van der Waals surface area contributed by atoms with Crippen LogP contribution in [0.5, 0.6) is 0 Å². The van der Waals surface area contributed by atoms with E-state index in [4.69, 9.17) is 5.73 Å². The summed E-state index contributed by atoms with van der Waals surface area (Å²) >= 11 is 0. The van der Waals surface area contributed by atoms with Crippen molar-refractivity contribution in [2.45, 2.75) is 26.4 Å². The van der Waals surface area contributed by atoms with E-state index in [0.29, 0.717) is 12.1 Å². The monoisotopic (exact) mass is 283 g/mol. The van der Waals surface area contributed by atoms with E-state index < -0.39 is 0 Å². The van der Waals surface area contributed by atoms with Crippen LogP contribution < -0.4 is 5.73 Å². The molecular weight excluding hydrogens is 265 g/mol. The lowest BCUT2D eigenvalue weighted by Gasteiger charge is -2.08. The van der Waals surface area contributed by atoms with Crippen molar-refractivity contribution < 1.29 is 4.39 Å². The number of aryl methyl sites for hydroxylation is 1. The maximum atomic E-state index is 13.4. The molecule has 2 aromatic carbocycles. The highest BCUT2D eigenvalue weighted by molar-refractivity contribution is 5.80. The Bertz CT molecular complexity index is 777. The molecule has 0 aliphatic rings. The van der Waals surface area contributed by atoms with E-state index >= 15 is 0 Å². The van der Waals surface area contributed by atoms with Crippen LogP contribution in [0.1, 0.15) is 18.9 Å². The third-order valence-electron chi connectivity index (χ3n) is 3.58. The van der Waals surface area contributed by atoms with Crippen LogP contribution in [-0.4, -0.2) is 9.55 Å². The van der Waals surface area contributed by atoms with Crippen LogP contribution in [0.25, 0.3) is 22.4 Å². The molecule has 108 valence electrons. The second kappa shape index (κ2) is 5.66. The number of nitrogens with two attached hydrogens (primary N) is 1. The molecule has 0 aliphatic carbocycles. The van der Waals surface area contributed by atoms with Crippen molar-refractivity contribution in [1.29, 1.82) is 0 Å². The molecule has 21 heavy (non-hydrogen) atoms. The SMILES string of the molecule is CCCn1c(-c2cccc(CN)c2)nc2cc(F)ccc21. The zero-order chi connectivity index (χ0) is 14.8. The number of benzene rings is 2. The highest BCUT2D eigenvalue weighted by atomic mass is 19.1. The number of aromatic nitrogens is 2. The quantitative estimate of drug-likeness (QED) is 0.793. The predicted molar refractivity (Wildman–Crippen MR) is 83.3 cm³/mol. The summed E-state index contributed by atoms with van der Waals surface area (Å²) in [6, 6.07) is 12.8. The van der Waals surface area contributed by atoms with Gasteiger partial charge in [-0.3, -0.25) is 0 Å². The van der Waals surface area contributed by atoms with Gasteiger partial charge in [0, 0.05) is 24.7 Å². The molecule has 2 N–H and O–H groups in total. The molecule has 0 saturated carbocycles. The van der Waals surface area contributed by atoms with Crippen molar-refractivity contribution in [3.63, 3.8) is 0 Å². The third-order valence-corrected chi connectivity index (χ3v) is 3.58. The molecule has 0 unspecified atom stereocenters. The van der Waals surface area contributed by atoms with Crippen molar-refractivity contribution in [3.05, 3.63) is 53.8 Å². The van der Waals surface area contributed by atoms with Gasteiger partial charge in [-0.05, 0) is 30.2 Å². The van der Waals surface area contributed by atoms with Crippen LogP contribution in [0, 0.1) is 5.82 Å². The summed E-state index contributed by atoms with van der Waals surface area (Å²) in [5.41, 5.74) is 9.45. The number of imidazole rings is 1. The summed E-state index contributed by atoms with van der Waals surface area (Å²) in [5.74, 6) is 0.610. The molecule has 0 bridgehead atoms. The van der Waals surface area contributed by atoms with E-state index in [2.05, 4.69) is 16.5 Å². The second-order valence-corrected chi connectivity index (χ2v) is 5.12. The summed E-state index contributed by atoms with van der Waals surface area (Å²) in [7, 11) is 0. The lowest BCUT2D eigenvalue weighted by molar-refractivity contribution is 0.629. The Morgan fingerprint density at radius 2 is 2.05 bits per heavy atom. The minimum atomic E-state index is -0.258. The Morgan fingerprint density at radius 3 is 2.81 bits per heavy atom. The zero-order valence-electron chi connectivity index (χ0n) is 12.0. The Morgan fingerprint density at radius 1 is 1.19 bits per heavy atom. The zero-order valence-corrected chi connectivity index (χ0v) is 12.0. The van der Waals surface area contributed by atoms with Crippen LogP contribution in [0.15, 0.2) is 42.5 Å². The van der Waals surface area contributed by atoms with Gasteiger partial charge in [0.25, 0.3) is 0 Å². The van der Waals surface area contributed by atoms with Crippen LogP contribution in [-0.2, 0) is 13.1 Å². The van der Waals surface area contributed by atoms with E-state index in [9.17, 15) is 4.39 Å². The van der Waals surface area contributed by atoms with Gasteiger partial charge in [0.05, 0.1) is 11.0 Å². The summed E-state index contributed by atoms with van der Waals surface area (Å²) in [6.45, 7) is 3.47. The molecule has 3 rings (SSSR count). The predicted octanol–water partition coefficient (Wildman–Crippen LogP) is 3.71. The fourth-order valence-electron chi connectivity index (χ4n) is 2.61. The molecule has 0 atom stereocenters. The van der Waals surface area contributed by atoms with Gasteiger partial charge in [0.15, 0.2) is 0 Å². The number of hydrogen-bond donors (Lipinski definition) is 1. The number of halogens is 1. The van der Waals surface area contributed by atoms with Crippen molar-refractivity contribution in [2.24, 2.45) is 5.73 Å². The summed E-state index contributed by atoms with van der Waals surface area (Å²) in [5, 5.41) is 0. The number of nitrogens with zero attached hydrogens (tertiary/aromatic N) is 2. The van der Waals surface area contributed by atoms with E-state index in [1.54, 1.807) is 6.07 Å². The lowest BCUT2D eigenvalue weighted by Crippen LogP contribution is -2.01. The average molecular weight is 283 g/mol.